The van der Waals surface area contributed by atoms with Crippen LogP contribution in [0.4, 0.5) is 5.82 Å². The van der Waals surface area contributed by atoms with Crippen LogP contribution in [0.1, 0.15) is 40.3 Å². The molecule has 10 heteroatoms. The fourth-order valence-electron chi connectivity index (χ4n) is 4.80. The monoisotopic (exact) mass is 497 g/mol. The van der Waals surface area contributed by atoms with E-state index in [-0.39, 0.29) is 5.76 Å². The zero-order chi connectivity index (χ0) is 23.1. The molecule has 1 aliphatic heterocycles. The molecular weight excluding hydrogens is 472 g/mol. The Bertz CT molecular complexity index is 1380. The molecule has 6 rings (SSSR count). The van der Waals surface area contributed by atoms with Crippen molar-refractivity contribution < 1.29 is 23.7 Å². The Morgan fingerprint density at radius 3 is 2.88 bits per heavy atom. The number of carbonyl (C=O) groups excluding carboxylic acids is 1. The summed E-state index contributed by atoms with van der Waals surface area (Å²) in [5.74, 6) is 2.20. The van der Waals surface area contributed by atoms with Gasteiger partial charge in [-0.3, -0.25) is 0 Å². The highest BCUT2D eigenvalue weighted by molar-refractivity contribution is 7.98. The summed E-state index contributed by atoms with van der Waals surface area (Å²) in [6.45, 7) is 3.28. The number of fused-ring (bicyclic) bond motifs is 5. The Morgan fingerprint density at radius 1 is 1.24 bits per heavy atom. The number of aromatic amines is 1. The number of anilines is 1. The van der Waals surface area contributed by atoms with Crippen molar-refractivity contribution in [3.63, 3.8) is 0 Å². The topological polar surface area (TPSA) is 91.8 Å². The lowest BCUT2D eigenvalue weighted by Crippen LogP contribution is -2.37. The average Bonchev–Trinajstić information content (AvgIpc) is 3.52. The van der Waals surface area contributed by atoms with Crippen LogP contribution in [-0.4, -0.2) is 49.4 Å². The number of thiophene rings is 1. The zero-order valence-corrected chi connectivity index (χ0v) is 20.5. The molecule has 8 nitrogen and oxygen atoms in total. The summed E-state index contributed by atoms with van der Waals surface area (Å²) in [4.78, 5) is 28.4. The lowest BCUT2D eigenvalue weighted by molar-refractivity contribution is -0.427. The van der Waals surface area contributed by atoms with Gasteiger partial charge in [0.15, 0.2) is 5.03 Å². The summed E-state index contributed by atoms with van der Waals surface area (Å²) in [5.41, 5.74) is 3.85. The van der Waals surface area contributed by atoms with Crippen molar-refractivity contribution in [2.45, 2.75) is 36.5 Å². The second-order valence-corrected chi connectivity index (χ2v) is 10.4. The Labute approximate surface area is 204 Å². The second-order valence-electron chi connectivity index (χ2n) is 8.44. The number of carbonyl (C=O) groups is 1. The molecule has 0 atom stereocenters. The minimum atomic E-state index is -0.467. The fraction of sp³-hybridized carbons (Fsp3) is 0.417. The van der Waals surface area contributed by atoms with Gasteiger partial charge in [0.25, 0.3) is 6.33 Å². The third-order valence-electron chi connectivity index (χ3n) is 6.42. The highest BCUT2D eigenvalue weighted by atomic mass is 32.2. The molecule has 1 fully saturated rings. The van der Waals surface area contributed by atoms with Crippen LogP contribution in [0.3, 0.4) is 0 Å². The van der Waals surface area contributed by atoms with Crippen LogP contribution in [-0.2, 0) is 28.1 Å². The normalized spacial score (nSPS) is 16.2. The SMILES string of the molecule is COC(=O)c1ccc(CSc2[nH+]cnc3c2sc2nc(N4CCOCC4)c4c(c23)CCCC4)o1. The summed E-state index contributed by atoms with van der Waals surface area (Å²) < 4.78 is 17.1. The summed E-state index contributed by atoms with van der Waals surface area (Å²) in [7, 11) is 1.35. The van der Waals surface area contributed by atoms with Crippen molar-refractivity contribution in [1.82, 2.24) is 9.97 Å². The second kappa shape index (κ2) is 9.16. The van der Waals surface area contributed by atoms with Gasteiger partial charge in [-0.05, 0) is 53.9 Å². The van der Waals surface area contributed by atoms with E-state index in [4.69, 9.17) is 23.9 Å². The van der Waals surface area contributed by atoms with E-state index in [0.29, 0.717) is 5.75 Å². The van der Waals surface area contributed by atoms with E-state index in [1.54, 1.807) is 35.5 Å². The maximum absolute atomic E-state index is 11.7. The molecule has 0 saturated carbocycles. The average molecular weight is 498 g/mol. The van der Waals surface area contributed by atoms with Crippen LogP contribution in [0.2, 0.25) is 0 Å². The van der Waals surface area contributed by atoms with Crippen LogP contribution in [0.15, 0.2) is 27.9 Å². The first-order valence-electron chi connectivity index (χ1n) is 11.5. The van der Waals surface area contributed by atoms with E-state index in [9.17, 15) is 4.79 Å². The maximum Gasteiger partial charge on any atom is 0.373 e. The van der Waals surface area contributed by atoms with Gasteiger partial charge in [0.1, 0.15) is 21.1 Å². The number of nitrogens with zero attached hydrogens (tertiary/aromatic N) is 3. The molecule has 2 aliphatic rings. The summed E-state index contributed by atoms with van der Waals surface area (Å²) in [6, 6.07) is 3.46. The first-order valence-corrected chi connectivity index (χ1v) is 13.3. The molecular formula is C24H25N4O4S2+. The highest BCUT2D eigenvalue weighted by Crippen LogP contribution is 2.43. The number of rotatable bonds is 5. The molecule has 34 heavy (non-hydrogen) atoms. The smallest absolute Gasteiger partial charge is 0.373 e. The Morgan fingerprint density at radius 2 is 2.06 bits per heavy atom. The van der Waals surface area contributed by atoms with Crippen molar-refractivity contribution in [3.8, 4) is 0 Å². The van der Waals surface area contributed by atoms with E-state index in [0.717, 1.165) is 70.8 Å². The number of aryl methyl sites for hydroxylation is 1. The lowest BCUT2D eigenvalue weighted by Gasteiger charge is -2.31. The molecule has 1 aliphatic carbocycles. The quantitative estimate of drug-likeness (QED) is 0.232. The van der Waals surface area contributed by atoms with E-state index < -0.39 is 5.97 Å². The highest BCUT2D eigenvalue weighted by Gasteiger charge is 2.28. The number of pyridine rings is 1. The fourth-order valence-corrected chi connectivity index (χ4v) is 6.96. The largest absolute Gasteiger partial charge is 0.463 e. The first kappa shape index (κ1) is 21.8. The predicted octanol–water partition coefficient (Wildman–Crippen LogP) is 4.05. The molecule has 1 saturated heterocycles. The standard InChI is InChI=1S/C24H24N4O4S2/c1-30-24(29)17-7-6-14(32-17)12-33-23-20-19(25-13-26-23)18-15-4-2-3-5-16(15)21(27-22(18)34-20)28-8-10-31-11-9-28/h6-7,13H,2-5,8-12H2,1H3/p+1. The Kier molecular flexibility index (Phi) is 5.88. The van der Waals surface area contributed by atoms with Crippen molar-refractivity contribution >= 4 is 55.3 Å². The predicted molar refractivity (Wildman–Crippen MR) is 131 cm³/mol. The van der Waals surface area contributed by atoms with Gasteiger partial charge in [0.2, 0.25) is 11.3 Å². The van der Waals surface area contributed by atoms with Crippen LogP contribution in [0.5, 0.6) is 0 Å². The van der Waals surface area contributed by atoms with Crippen LogP contribution in [0, 0.1) is 0 Å². The van der Waals surface area contributed by atoms with E-state index in [1.807, 2.05) is 6.07 Å². The molecule has 0 unspecified atom stereocenters. The van der Waals surface area contributed by atoms with Gasteiger partial charge in [0, 0.05) is 13.1 Å². The minimum Gasteiger partial charge on any atom is -0.463 e. The lowest BCUT2D eigenvalue weighted by atomic mass is 9.90. The van der Waals surface area contributed by atoms with Gasteiger partial charge in [-0.2, -0.15) is 0 Å². The summed E-state index contributed by atoms with van der Waals surface area (Å²) >= 11 is 3.33. The molecule has 0 bridgehead atoms. The molecule has 0 amide bonds. The van der Waals surface area contributed by atoms with Crippen molar-refractivity contribution in [1.29, 1.82) is 0 Å². The molecule has 0 spiro atoms. The van der Waals surface area contributed by atoms with Crippen molar-refractivity contribution in [2.24, 2.45) is 0 Å². The number of hydrogen-bond acceptors (Lipinski definition) is 9. The van der Waals surface area contributed by atoms with E-state index in [2.05, 4.69) is 9.88 Å². The number of morpholine rings is 1. The maximum atomic E-state index is 11.7. The van der Waals surface area contributed by atoms with Gasteiger partial charge >= 0.3 is 5.97 Å². The van der Waals surface area contributed by atoms with Gasteiger partial charge in [0.05, 0.1) is 31.5 Å². The molecule has 0 aromatic carbocycles. The molecule has 4 aromatic heterocycles. The van der Waals surface area contributed by atoms with Crippen LogP contribution >= 0.6 is 23.1 Å². The number of hydrogen-bond donors (Lipinski definition) is 0. The summed E-state index contributed by atoms with van der Waals surface area (Å²) in [6.07, 6.45) is 6.32. The molecule has 4 aromatic rings. The van der Waals surface area contributed by atoms with Crippen LogP contribution < -0.4 is 9.88 Å². The molecule has 176 valence electrons. The number of esters is 1. The van der Waals surface area contributed by atoms with Gasteiger partial charge in [-0.15, -0.1) is 11.3 Å². The van der Waals surface area contributed by atoms with Crippen LogP contribution in [0.25, 0.3) is 20.4 Å². The Hall–Kier alpha value is -2.69. The molecule has 0 radical (unpaired) electrons. The first-order chi connectivity index (χ1) is 16.7. The minimum absolute atomic E-state index is 0.218. The number of H-pyrrole nitrogens is 1. The summed E-state index contributed by atoms with van der Waals surface area (Å²) in [5, 5.41) is 2.25. The zero-order valence-electron chi connectivity index (χ0n) is 18.9. The molecule has 5 heterocycles. The number of furan rings is 1. The number of thioether (sulfide) groups is 1. The van der Waals surface area contributed by atoms with E-state index in [1.165, 1.54) is 36.5 Å². The number of aromatic nitrogens is 3. The third kappa shape index (κ3) is 3.83. The van der Waals surface area contributed by atoms with Gasteiger partial charge in [-0.25, -0.2) is 14.8 Å². The Balaban J connectivity index is 1.39. The third-order valence-corrected chi connectivity index (χ3v) is 8.68. The van der Waals surface area contributed by atoms with Gasteiger partial charge < -0.3 is 18.8 Å². The van der Waals surface area contributed by atoms with Crippen molar-refractivity contribution in [2.75, 3.05) is 38.3 Å². The number of nitrogens with one attached hydrogen (secondary N) is 1. The molecule has 1 N–H and O–H groups in total. The number of methoxy groups -OCH3 is 1. The van der Waals surface area contributed by atoms with Gasteiger partial charge in [-0.1, -0.05) is 11.8 Å². The van der Waals surface area contributed by atoms with Crippen molar-refractivity contribution in [3.05, 3.63) is 41.1 Å². The number of ether oxygens (including phenoxy) is 2. The van der Waals surface area contributed by atoms with E-state index >= 15 is 0 Å².